The van der Waals surface area contributed by atoms with Crippen LogP contribution < -0.4 is 5.32 Å². The van der Waals surface area contributed by atoms with Crippen LogP contribution in [0.3, 0.4) is 0 Å². The van der Waals surface area contributed by atoms with Gasteiger partial charge in [0.2, 0.25) is 5.89 Å². The van der Waals surface area contributed by atoms with E-state index in [4.69, 9.17) is 4.52 Å². The zero-order valence-corrected chi connectivity index (χ0v) is 11.7. The summed E-state index contributed by atoms with van der Waals surface area (Å²) in [5.41, 5.74) is 1.07. The lowest BCUT2D eigenvalue weighted by Crippen LogP contribution is -2.02. The number of hydrogen-bond donors (Lipinski definition) is 1. The zero-order valence-electron chi connectivity index (χ0n) is 11.7. The molecular formula is C16H21N3O. The van der Waals surface area contributed by atoms with Gasteiger partial charge >= 0.3 is 0 Å². The molecule has 1 aliphatic carbocycles. The van der Waals surface area contributed by atoms with Gasteiger partial charge in [0.05, 0.1) is 6.54 Å². The number of nitrogens with zero attached hydrogens (tertiary/aromatic N) is 2. The summed E-state index contributed by atoms with van der Waals surface area (Å²) in [5.74, 6) is 2.07. The molecule has 1 fully saturated rings. The van der Waals surface area contributed by atoms with Gasteiger partial charge in [0.15, 0.2) is 5.82 Å². The smallest absolute Gasteiger partial charge is 0.245 e. The molecule has 1 saturated carbocycles. The molecular weight excluding hydrogens is 250 g/mol. The molecule has 1 aromatic carbocycles. The van der Waals surface area contributed by atoms with Crippen LogP contribution in [-0.2, 0) is 6.54 Å². The van der Waals surface area contributed by atoms with Crippen molar-refractivity contribution in [2.75, 3.05) is 5.32 Å². The Labute approximate surface area is 119 Å². The maximum atomic E-state index is 5.36. The quantitative estimate of drug-likeness (QED) is 0.850. The van der Waals surface area contributed by atoms with E-state index in [1.165, 1.54) is 38.5 Å². The number of benzene rings is 1. The van der Waals surface area contributed by atoms with Crippen LogP contribution in [0, 0.1) is 0 Å². The first-order chi connectivity index (χ1) is 9.92. The third kappa shape index (κ3) is 3.38. The Balaban J connectivity index is 1.58. The van der Waals surface area contributed by atoms with Gasteiger partial charge in [-0.15, -0.1) is 0 Å². The minimum atomic E-state index is 0.492. The summed E-state index contributed by atoms with van der Waals surface area (Å²) in [6.07, 6.45) is 7.66. The van der Waals surface area contributed by atoms with Crippen molar-refractivity contribution < 1.29 is 4.52 Å². The maximum absolute atomic E-state index is 5.36. The Morgan fingerprint density at radius 1 is 1.05 bits per heavy atom. The topological polar surface area (TPSA) is 51.0 Å². The summed E-state index contributed by atoms with van der Waals surface area (Å²) in [7, 11) is 0. The normalized spacial score (nSPS) is 16.8. The highest BCUT2D eigenvalue weighted by Crippen LogP contribution is 2.29. The molecule has 106 valence electrons. The Hall–Kier alpha value is -1.84. The van der Waals surface area contributed by atoms with Gasteiger partial charge in [0, 0.05) is 11.6 Å². The zero-order chi connectivity index (χ0) is 13.6. The van der Waals surface area contributed by atoms with Crippen LogP contribution >= 0.6 is 0 Å². The fourth-order valence-corrected chi connectivity index (χ4v) is 2.78. The molecule has 0 spiro atoms. The average molecular weight is 271 g/mol. The molecule has 1 N–H and O–H groups in total. The summed E-state index contributed by atoms with van der Waals surface area (Å²) in [6, 6.07) is 10.1. The Bertz CT molecular complexity index is 516. The molecule has 0 bridgehead atoms. The van der Waals surface area contributed by atoms with E-state index in [1.54, 1.807) is 0 Å². The predicted octanol–water partition coefficient (Wildman–Crippen LogP) is 4.12. The monoisotopic (exact) mass is 271 g/mol. The standard InChI is InChI=1S/C16H21N3O/c1-2-5-9-13(8-4-1)16-18-15(20-19-16)12-17-14-10-6-3-7-11-14/h3,6-7,10-11,13,17H,1-2,4-5,8-9,12H2. The van der Waals surface area contributed by atoms with E-state index in [0.717, 1.165) is 11.5 Å². The summed E-state index contributed by atoms with van der Waals surface area (Å²) in [6.45, 7) is 0.587. The van der Waals surface area contributed by atoms with Crippen molar-refractivity contribution in [1.29, 1.82) is 0 Å². The van der Waals surface area contributed by atoms with Crippen LogP contribution in [0.15, 0.2) is 34.9 Å². The van der Waals surface area contributed by atoms with Crippen molar-refractivity contribution in [3.63, 3.8) is 0 Å². The number of hydrogen-bond acceptors (Lipinski definition) is 4. The van der Waals surface area contributed by atoms with Gasteiger partial charge in [0.1, 0.15) is 0 Å². The highest BCUT2D eigenvalue weighted by molar-refractivity contribution is 5.42. The molecule has 0 unspecified atom stereocenters. The lowest BCUT2D eigenvalue weighted by atomic mass is 10.00. The van der Waals surface area contributed by atoms with Gasteiger partial charge in [0.25, 0.3) is 0 Å². The van der Waals surface area contributed by atoms with Crippen LogP contribution in [0.1, 0.15) is 56.2 Å². The summed E-state index contributed by atoms with van der Waals surface area (Å²) >= 11 is 0. The third-order valence-electron chi connectivity index (χ3n) is 3.92. The van der Waals surface area contributed by atoms with Gasteiger partial charge in [-0.25, -0.2) is 0 Å². The van der Waals surface area contributed by atoms with Crippen LogP contribution in [0.2, 0.25) is 0 Å². The third-order valence-corrected chi connectivity index (χ3v) is 3.92. The van der Waals surface area contributed by atoms with E-state index in [-0.39, 0.29) is 0 Å². The highest BCUT2D eigenvalue weighted by atomic mass is 16.5. The second kappa shape index (κ2) is 6.55. The van der Waals surface area contributed by atoms with E-state index in [2.05, 4.69) is 15.5 Å². The van der Waals surface area contributed by atoms with Crippen molar-refractivity contribution >= 4 is 5.69 Å². The van der Waals surface area contributed by atoms with Gasteiger partial charge in [-0.05, 0) is 25.0 Å². The number of rotatable bonds is 4. The first-order valence-corrected chi connectivity index (χ1v) is 7.53. The lowest BCUT2D eigenvalue weighted by Gasteiger charge is -2.07. The van der Waals surface area contributed by atoms with E-state index in [1.807, 2.05) is 30.3 Å². The van der Waals surface area contributed by atoms with Crippen LogP contribution in [0.4, 0.5) is 5.69 Å². The number of aromatic nitrogens is 2. The summed E-state index contributed by atoms with van der Waals surface area (Å²) in [4.78, 5) is 4.55. The summed E-state index contributed by atoms with van der Waals surface area (Å²) in [5, 5.41) is 7.46. The summed E-state index contributed by atoms with van der Waals surface area (Å²) < 4.78 is 5.36. The fraction of sp³-hybridized carbons (Fsp3) is 0.500. The van der Waals surface area contributed by atoms with Gasteiger partial charge in [-0.2, -0.15) is 4.98 Å². The Morgan fingerprint density at radius 3 is 2.55 bits per heavy atom. The van der Waals surface area contributed by atoms with E-state index >= 15 is 0 Å². The van der Waals surface area contributed by atoms with Crippen molar-refractivity contribution in [1.82, 2.24) is 10.1 Å². The van der Waals surface area contributed by atoms with Gasteiger partial charge < -0.3 is 9.84 Å². The molecule has 4 nitrogen and oxygen atoms in total. The number of anilines is 1. The van der Waals surface area contributed by atoms with Crippen molar-refractivity contribution in [2.45, 2.75) is 51.0 Å². The number of para-hydroxylation sites is 1. The second-order valence-corrected chi connectivity index (χ2v) is 5.45. The van der Waals surface area contributed by atoms with Gasteiger partial charge in [-0.3, -0.25) is 0 Å². The van der Waals surface area contributed by atoms with Gasteiger partial charge in [-0.1, -0.05) is 49.0 Å². The molecule has 0 radical (unpaired) electrons. The Morgan fingerprint density at radius 2 is 1.80 bits per heavy atom. The lowest BCUT2D eigenvalue weighted by molar-refractivity contribution is 0.371. The Kier molecular flexibility index (Phi) is 4.31. The average Bonchev–Trinajstić information content (AvgIpc) is 2.80. The highest BCUT2D eigenvalue weighted by Gasteiger charge is 2.19. The molecule has 1 aliphatic rings. The minimum absolute atomic E-state index is 0.492. The molecule has 20 heavy (non-hydrogen) atoms. The van der Waals surface area contributed by atoms with Crippen LogP contribution in [-0.4, -0.2) is 10.1 Å². The van der Waals surface area contributed by atoms with E-state index in [0.29, 0.717) is 18.4 Å². The molecule has 1 heterocycles. The molecule has 1 aromatic heterocycles. The molecule has 0 atom stereocenters. The van der Waals surface area contributed by atoms with Crippen molar-refractivity contribution in [3.05, 3.63) is 42.0 Å². The first kappa shape index (κ1) is 13.2. The molecule has 0 saturated heterocycles. The first-order valence-electron chi connectivity index (χ1n) is 7.53. The molecule has 4 heteroatoms. The molecule has 0 aliphatic heterocycles. The molecule has 0 amide bonds. The SMILES string of the molecule is c1ccc(NCc2nc(C3CCCCCC3)no2)cc1. The number of nitrogens with one attached hydrogen (secondary N) is 1. The van der Waals surface area contributed by atoms with Crippen molar-refractivity contribution in [2.24, 2.45) is 0 Å². The van der Waals surface area contributed by atoms with E-state index in [9.17, 15) is 0 Å². The minimum Gasteiger partial charge on any atom is -0.376 e. The maximum Gasteiger partial charge on any atom is 0.245 e. The van der Waals surface area contributed by atoms with E-state index < -0.39 is 0 Å². The molecule has 2 aromatic rings. The predicted molar refractivity (Wildman–Crippen MR) is 78.5 cm³/mol. The molecule has 3 rings (SSSR count). The largest absolute Gasteiger partial charge is 0.376 e. The fourth-order valence-electron chi connectivity index (χ4n) is 2.78. The van der Waals surface area contributed by atoms with Crippen LogP contribution in [0.25, 0.3) is 0 Å². The van der Waals surface area contributed by atoms with Crippen molar-refractivity contribution in [3.8, 4) is 0 Å². The van der Waals surface area contributed by atoms with Crippen LogP contribution in [0.5, 0.6) is 0 Å². The second-order valence-electron chi connectivity index (χ2n) is 5.45.